The molecule has 4 atom stereocenters. The van der Waals surface area contributed by atoms with Gasteiger partial charge in [-0.2, -0.15) is 0 Å². The summed E-state index contributed by atoms with van der Waals surface area (Å²) in [6.45, 7) is 3.86. The van der Waals surface area contributed by atoms with Gasteiger partial charge in [-0.25, -0.2) is 0 Å². The lowest BCUT2D eigenvalue weighted by molar-refractivity contribution is -0.142. The van der Waals surface area contributed by atoms with Crippen LogP contribution in [-0.2, 0) is 19.2 Å². The van der Waals surface area contributed by atoms with E-state index in [0.29, 0.717) is 30.9 Å². The second-order valence-corrected chi connectivity index (χ2v) is 7.65. The van der Waals surface area contributed by atoms with E-state index in [2.05, 4.69) is 10.9 Å². The van der Waals surface area contributed by atoms with Crippen LogP contribution in [0.25, 0.3) is 0 Å². The van der Waals surface area contributed by atoms with Gasteiger partial charge in [0, 0.05) is 7.05 Å². The Hall–Kier alpha value is -3.10. The Morgan fingerprint density at radius 1 is 1.07 bits per heavy atom. The quantitative estimate of drug-likeness (QED) is 0.525. The number of carbonyl (C=O) groups is 4. The number of hydrogen-bond acceptors (Lipinski definition) is 6. The first-order chi connectivity index (χ1) is 14.3. The van der Waals surface area contributed by atoms with Crippen molar-refractivity contribution in [3.8, 4) is 11.5 Å². The van der Waals surface area contributed by atoms with Crippen molar-refractivity contribution in [2.45, 2.75) is 26.7 Å². The van der Waals surface area contributed by atoms with Crippen molar-refractivity contribution in [2.75, 3.05) is 20.3 Å². The summed E-state index contributed by atoms with van der Waals surface area (Å²) in [4.78, 5) is 50.8. The lowest BCUT2D eigenvalue weighted by Gasteiger charge is -2.34. The van der Waals surface area contributed by atoms with Gasteiger partial charge in [-0.3, -0.25) is 34.9 Å². The van der Waals surface area contributed by atoms with Gasteiger partial charge in [0.25, 0.3) is 5.91 Å². The van der Waals surface area contributed by atoms with Crippen LogP contribution in [0.4, 0.5) is 0 Å². The Balaban J connectivity index is 1.56. The van der Waals surface area contributed by atoms with Crippen LogP contribution in [0.5, 0.6) is 11.5 Å². The largest absolute Gasteiger partial charge is 0.490 e. The second kappa shape index (κ2) is 9.15. The molecule has 30 heavy (non-hydrogen) atoms. The number of hydrazine groups is 1. The third kappa shape index (κ3) is 4.24. The first kappa shape index (κ1) is 21.6. The van der Waals surface area contributed by atoms with E-state index in [9.17, 15) is 19.2 Å². The zero-order valence-corrected chi connectivity index (χ0v) is 17.3. The first-order valence-corrected chi connectivity index (χ1v) is 10.1. The van der Waals surface area contributed by atoms with Crippen LogP contribution in [0.3, 0.4) is 0 Å². The van der Waals surface area contributed by atoms with Crippen LogP contribution in [0, 0.1) is 23.7 Å². The van der Waals surface area contributed by atoms with Gasteiger partial charge in [0.05, 0.1) is 24.4 Å². The highest BCUT2D eigenvalue weighted by Gasteiger charge is 2.55. The summed E-state index contributed by atoms with van der Waals surface area (Å²) in [5, 5.41) is 0. The van der Waals surface area contributed by atoms with Crippen LogP contribution < -0.4 is 20.3 Å². The Kier molecular flexibility index (Phi) is 6.59. The molecule has 9 nitrogen and oxygen atoms in total. The molecule has 0 radical (unpaired) electrons. The molecule has 0 spiro atoms. The summed E-state index contributed by atoms with van der Waals surface area (Å²) in [5.41, 5.74) is 4.71. The third-order valence-corrected chi connectivity index (χ3v) is 5.77. The number of imide groups is 1. The summed E-state index contributed by atoms with van der Waals surface area (Å²) in [6.07, 6.45) is 1.25. The molecular formula is C21H27N3O6. The molecule has 162 valence electrons. The van der Waals surface area contributed by atoms with Crippen molar-refractivity contribution in [1.29, 1.82) is 0 Å². The van der Waals surface area contributed by atoms with Gasteiger partial charge in [-0.15, -0.1) is 0 Å². The predicted octanol–water partition coefficient (Wildman–Crippen LogP) is 0.889. The number of ether oxygens (including phenoxy) is 2. The minimum atomic E-state index is -0.683. The number of para-hydroxylation sites is 2. The van der Waals surface area contributed by atoms with Crippen molar-refractivity contribution in [3.63, 3.8) is 0 Å². The molecule has 0 aromatic heterocycles. The highest BCUT2D eigenvalue weighted by molar-refractivity contribution is 6.07. The molecule has 9 heteroatoms. The van der Waals surface area contributed by atoms with Crippen molar-refractivity contribution in [3.05, 3.63) is 24.3 Å². The van der Waals surface area contributed by atoms with Gasteiger partial charge in [0.15, 0.2) is 18.1 Å². The van der Waals surface area contributed by atoms with Gasteiger partial charge >= 0.3 is 0 Å². The molecule has 2 fully saturated rings. The number of benzene rings is 1. The highest BCUT2D eigenvalue weighted by Crippen LogP contribution is 2.44. The van der Waals surface area contributed by atoms with Gasteiger partial charge < -0.3 is 9.47 Å². The molecule has 1 aromatic carbocycles. The maximum atomic E-state index is 12.8. The molecule has 3 rings (SSSR count). The Morgan fingerprint density at radius 2 is 1.73 bits per heavy atom. The summed E-state index contributed by atoms with van der Waals surface area (Å²) < 4.78 is 10.9. The number of amides is 4. The van der Waals surface area contributed by atoms with E-state index in [1.54, 1.807) is 24.3 Å². The Labute approximate surface area is 175 Å². The van der Waals surface area contributed by atoms with E-state index in [1.165, 1.54) is 7.05 Å². The SMILES string of the molecule is CCOc1ccccc1OCC(=O)NNC(=O)[C@H]1[C@H]2C(=O)N(C)C(=O)[C@@H]2CC[C@H]1C. The van der Waals surface area contributed by atoms with E-state index >= 15 is 0 Å². The average molecular weight is 417 g/mol. The molecule has 1 aliphatic carbocycles. The van der Waals surface area contributed by atoms with Gasteiger partial charge in [-0.05, 0) is 37.8 Å². The number of carbonyl (C=O) groups excluding carboxylic acids is 4. The molecule has 0 bridgehead atoms. The number of likely N-dealkylation sites (tertiary alicyclic amines) is 1. The van der Waals surface area contributed by atoms with Crippen molar-refractivity contribution in [2.24, 2.45) is 23.7 Å². The summed E-state index contributed by atoms with van der Waals surface area (Å²) in [5.74, 6) is -2.57. The minimum absolute atomic E-state index is 0.0827. The highest BCUT2D eigenvalue weighted by atomic mass is 16.5. The number of fused-ring (bicyclic) bond motifs is 1. The Bertz CT molecular complexity index is 842. The fourth-order valence-corrected chi connectivity index (χ4v) is 4.25. The average Bonchev–Trinajstić information content (AvgIpc) is 2.95. The smallest absolute Gasteiger partial charge is 0.276 e. The van der Waals surface area contributed by atoms with Crippen LogP contribution in [-0.4, -0.2) is 48.8 Å². The van der Waals surface area contributed by atoms with Gasteiger partial charge in [-0.1, -0.05) is 19.1 Å². The fraction of sp³-hybridized carbons (Fsp3) is 0.524. The van der Waals surface area contributed by atoms with Crippen LogP contribution in [0.1, 0.15) is 26.7 Å². The fourth-order valence-electron chi connectivity index (χ4n) is 4.25. The molecule has 0 unspecified atom stereocenters. The maximum Gasteiger partial charge on any atom is 0.276 e. The molecule has 1 aromatic rings. The number of nitrogens with zero attached hydrogens (tertiary/aromatic N) is 1. The zero-order valence-electron chi connectivity index (χ0n) is 17.3. The molecule has 1 heterocycles. The lowest BCUT2D eigenvalue weighted by atomic mass is 9.68. The second-order valence-electron chi connectivity index (χ2n) is 7.65. The van der Waals surface area contributed by atoms with E-state index in [0.717, 1.165) is 4.90 Å². The van der Waals surface area contributed by atoms with Crippen LogP contribution in [0.15, 0.2) is 24.3 Å². The molecule has 2 aliphatic rings. The summed E-state index contributed by atoms with van der Waals surface area (Å²) >= 11 is 0. The number of rotatable bonds is 6. The van der Waals surface area contributed by atoms with Crippen molar-refractivity contribution in [1.82, 2.24) is 15.8 Å². The topological polar surface area (TPSA) is 114 Å². The normalized spacial score (nSPS) is 25.5. The lowest BCUT2D eigenvalue weighted by Crippen LogP contribution is -2.51. The minimum Gasteiger partial charge on any atom is -0.490 e. The van der Waals surface area contributed by atoms with Crippen molar-refractivity contribution >= 4 is 23.6 Å². The van der Waals surface area contributed by atoms with E-state index in [4.69, 9.17) is 9.47 Å². The zero-order chi connectivity index (χ0) is 21.8. The van der Waals surface area contributed by atoms with E-state index in [1.807, 2.05) is 13.8 Å². The van der Waals surface area contributed by atoms with E-state index < -0.39 is 29.6 Å². The van der Waals surface area contributed by atoms with Gasteiger partial charge in [0.1, 0.15) is 0 Å². The maximum absolute atomic E-state index is 12.8. The van der Waals surface area contributed by atoms with E-state index in [-0.39, 0.29) is 24.3 Å². The summed E-state index contributed by atoms with van der Waals surface area (Å²) in [7, 11) is 1.45. The third-order valence-electron chi connectivity index (χ3n) is 5.77. The predicted molar refractivity (Wildman–Crippen MR) is 106 cm³/mol. The molecule has 1 saturated carbocycles. The first-order valence-electron chi connectivity index (χ1n) is 10.1. The standard InChI is InChI=1S/C21H27N3O6/c1-4-29-14-7-5-6-8-15(14)30-11-16(25)22-23-19(26)17-12(2)9-10-13-18(17)21(28)24(3)20(13)27/h5-8,12-13,17-18H,4,9-11H2,1-3H3,(H,22,25)(H,23,26)/t12-,13-,17-,18+/m1/s1. The molecule has 4 amide bonds. The van der Waals surface area contributed by atoms with Crippen molar-refractivity contribution < 1.29 is 28.7 Å². The van der Waals surface area contributed by atoms with Gasteiger partial charge in [0.2, 0.25) is 17.7 Å². The molecule has 2 N–H and O–H groups in total. The molecular weight excluding hydrogens is 390 g/mol. The van der Waals surface area contributed by atoms with Crippen LogP contribution in [0.2, 0.25) is 0 Å². The van der Waals surface area contributed by atoms with Crippen LogP contribution >= 0.6 is 0 Å². The number of nitrogens with one attached hydrogen (secondary N) is 2. The summed E-state index contributed by atoms with van der Waals surface area (Å²) in [6, 6.07) is 6.97. The molecule has 1 saturated heterocycles. The number of hydrogen-bond donors (Lipinski definition) is 2. The monoisotopic (exact) mass is 417 g/mol. The molecule has 1 aliphatic heterocycles. The Morgan fingerprint density at radius 3 is 2.40 bits per heavy atom.